The Labute approximate surface area is 135 Å². The van der Waals surface area contributed by atoms with Crippen molar-refractivity contribution < 1.29 is 9.53 Å². The number of nitrogens with zero attached hydrogens (tertiary/aromatic N) is 2. The average Bonchev–Trinajstić information content (AvgIpc) is 3.18. The van der Waals surface area contributed by atoms with Crippen LogP contribution in [0.1, 0.15) is 38.1 Å². The first-order valence-electron chi connectivity index (χ1n) is 8.26. The van der Waals surface area contributed by atoms with Crippen LogP contribution in [0.15, 0.2) is 24.3 Å². The number of hydrazine groups is 1. The molecule has 1 aliphatic heterocycles. The molecule has 2 aliphatic rings. The predicted molar refractivity (Wildman–Crippen MR) is 86.4 cm³/mol. The molecule has 1 saturated carbocycles. The smallest absolute Gasteiger partial charge is 0.325 e. The third-order valence-electron chi connectivity index (χ3n) is 4.89. The highest BCUT2D eigenvalue weighted by molar-refractivity contribution is 5.77. The van der Waals surface area contributed by atoms with Gasteiger partial charge < -0.3 is 9.30 Å². The second-order valence-corrected chi connectivity index (χ2v) is 6.62. The Kier molecular flexibility index (Phi) is 3.58. The summed E-state index contributed by atoms with van der Waals surface area (Å²) in [4.78, 5) is 17.0. The Bertz CT molecular complexity index is 737. The number of ether oxygens (including phenoxy) is 1. The molecule has 23 heavy (non-hydrogen) atoms. The number of imidazole rings is 1. The third-order valence-corrected chi connectivity index (χ3v) is 4.89. The molecular weight excluding hydrogens is 292 g/mol. The highest BCUT2D eigenvalue weighted by Gasteiger charge is 2.39. The lowest BCUT2D eigenvalue weighted by Crippen LogP contribution is -2.39. The van der Waals surface area contributed by atoms with Gasteiger partial charge in [-0.3, -0.25) is 10.2 Å². The van der Waals surface area contributed by atoms with E-state index in [-0.39, 0.29) is 18.1 Å². The normalized spacial score (nSPS) is 25.7. The van der Waals surface area contributed by atoms with Crippen LogP contribution in [0.3, 0.4) is 0 Å². The van der Waals surface area contributed by atoms with Gasteiger partial charge in [0, 0.05) is 13.1 Å². The first-order valence-corrected chi connectivity index (χ1v) is 8.26. The molecule has 1 aromatic heterocycles. The molecule has 1 saturated heterocycles. The Morgan fingerprint density at radius 3 is 2.87 bits per heavy atom. The van der Waals surface area contributed by atoms with Crippen LogP contribution in [0.25, 0.3) is 11.0 Å². The van der Waals surface area contributed by atoms with Gasteiger partial charge in [0.25, 0.3) is 0 Å². The highest BCUT2D eigenvalue weighted by Crippen LogP contribution is 2.36. The molecule has 3 unspecified atom stereocenters. The van der Waals surface area contributed by atoms with Gasteiger partial charge >= 0.3 is 5.97 Å². The number of rotatable bonds is 4. The molecular formula is C17H22N4O2. The van der Waals surface area contributed by atoms with Crippen LogP contribution in [0, 0.1) is 5.92 Å². The molecule has 0 radical (unpaired) electrons. The Morgan fingerprint density at radius 1 is 1.35 bits per heavy atom. The molecule has 0 amide bonds. The SMILES string of the molecule is CC(OC(=O)C1CC(C2CC2)NN1)c1nc2ccccc2n1C. The van der Waals surface area contributed by atoms with Crippen molar-refractivity contribution in [2.24, 2.45) is 13.0 Å². The molecule has 6 nitrogen and oxygen atoms in total. The van der Waals surface area contributed by atoms with Gasteiger partial charge in [0.1, 0.15) is 6.04 Å². The molecule has 122 valence electrons. The minimum absolute atomic E-state index is 0.208. The van der Waals surface area contributed by atoms with Crippen molar-refractivity contribution in [3.63, 3.8) is 0 Å². The maximum absolute atomic E-state index is 12.4. The summed E-state index contributed by atoms with van der Waals surface area (Å²) in [6.07, 6.45) is 2.95. The largest absolute Gasteiger partial charge is 0.453 e. The topological polar surface area (TPSA) is 68.2 Å². The molecule has 4 rings (SSSR count). The van der Waals surface area contributed by atoms with Gasteiger partial charge in [-0.1, -0.05) is 12.1 Å². The first-order chi connectivity index (χ1) is 11.1. The fourth-order valence-corrected chi connectivity index (χ4v) is 3.38. The van der Waals surface area contributed by atoms with Gasteiger partial charge in [-0.2, -0.15) is 0 Å². The molecule has 0 spiro atoms. The van der Waals surface area contributed by atoms with Gasteiger partial charge in [-0.25, -0.2) is 10.4 Å². The summed E-state index contributed by atoms with van der Waals surface area (Å²) >= 11 is 0. The predicted octanol–water partition coefficient (Wildman–Crippen LogP) is 1.82. The van der Waals surface area contributed by atoms with Crippen molar-refractivity contribution in [1.29, 1.82) is 0 Å². The lowest BCUT2D eigenvalue weighted by Gasteiger charge is -2.16. The van der Waals surface area contributed by atoms with E-state index < -0.39 is 0 Å². The summed E-state index contributed by atoms with van der Waals surface area (Å²) in [5.74, 6) is 1.28. The number of esters is 1. The van der Waals surface area contributed by atoms with Crippen LogP contribution in [0.5, 0.6) is 0 Å². The number of benzene rings is 1. The fraction of sp³-hybridized carbons (Fsp3) is 0.529. The summed E-state index contributed by atoms with van der Waals surface area (Å²) in [5.41, 5.74) is 8.26. The molecule has 2 heterocycles. The number of hydrogen-bond acceptors (Lipinski definition) is 5. The zero-order valence-electron chi connectivity index (χ0n) is 13.5. The first kappa shape index (κ1) is 14.7. The molecule has 1 aromatic carbocycles. The third kappa shape index (κ3) is 2.72. The molecule has 2 fully saturated rings. The van der Waals surface area contributed by atoms with Crippen LogP contribution in [-0.4, -0.2) is 27.6 Å². The number of hydrogen-bond donors (Lipinski definition) is 2. The van der Waals surface area contributed by atoms with Crippen LogP contribution in [0.2, 0.25) is 0 Å². The Balaban J connectivity index is 1.45. The van der Waals surface area contributed by atoms with Crippen molar-refractivity contribution in [2.45, 2.75) is 44.4 Å². The van der Waals surface area contributed by atoms with E-state index in [0.717, 1.165) is 29.2 Å². The van der Waals surface area contributed by atoms with Gasteiger partial charge in [0.15, 0.2) is 11.9 Å². The van der Waals surface area contributed by atoms with E-state index in [9.17, 15) is 4.79 Å². The molecule has 2 aromatic rings. The summed E-state index contributed by atoms with van der Waals surface area (Å²) in [6.45, 7) is 1.87. The molecule has 3 atom stereocenters. The van der Waals surface area contributed by atoms with E-state index in [1.54, 1.807) is 0 Å². The maximum atomic E-state index is 12.4. The quantitative estimate of drug-likeness (QED) is 0.843. The summed E-state index contributed by atoms with van der Waals surface area (Å²) in [5, 5.41) is 0. The minimum Gasteiger partial charge on any atom is -0.453 e. The number of para-hydroxylation sites is 2. The van der Waals surface area contributed by atoms with E-state index in [4.69, 9.17) is 4.74 Å². The van der Waals surface area contributed by atoms with Gasteiger partial charge in [0.05, 0.1) is 11.0 Å². The summed E-state index contributed by atoms with van der Waals surface area (Å²) in [7, 11) is 1.95. The average molecular weight is 314 g/mol. The highest BCUT2D eigenvalue weighted by atomic mass is 16.5. The zero-order valence-corrected chi connectivity index (χ0v) is 13.5. The van der Waals surface area contributed by atoms with Crippen molar-refractivity contribution in [3.05, 3.63) is 30.1 Å². The van der Waals surface area contributed by atoms with E-state index in [0.29, 0.717) is 6.04 Å². The zero-order chi connectivity index (χ0) is 16.0. The number of carbonyl (C=O) groups is 1. The second-order valence-electron chi connectivity index (χ2n) is 6.62. The molecule has 2 N–H and O–H groups in total. The van der Waals surface area contributed by atoms with Crippen molar-refractivity contribution in [1.82, 2.24) is 20.4 Å². The number of nitrogens with one attached hydrogen (secondary N) is 2. The monoisotopic (exact) mass is 314 g/mol. The maximum Gasteiger partial charge on any atom is 0.325 e. The lowest BCUT2D eigenvalue weighted by molar-refractivity contribution is -0.151. The van der Waals surface area contributed by atoms with Crippen molar-refractivity contribution in [2.75, 3.05) is 0 Å². The van der Waals surface area contributed by atoms with Crippen LogP contribution < -0.4 is 10.9 Å². The van der Waals surface area contributed by atoms with Gasteiger partial charge in [-0.05, 0) is 44.2 Å². The van der Waals surface area contributed by atoms with E-state index >= 15 is 0 Å². The van der Waals surface area contributed by atoms with Crippen LogP contribution in [0.4, 0.5) is 0 Å². The number of fused-ring (bicyclic) bond motifs is 1. The summed E-state index contributed by atoms with van der Waals surface area (Å²) < 4.78 is 7.64. The van der Waals surface area contributed by atoms with Gasteiger partial charge in [0.2, 0.25) is 0 Å². The van der Waals surface area contributed by atoms with E-state index in [1.807, 2.05) is 42.8 Å². The van der Waals surface area contributed by atoms with Crippen molar-refractivity contribution in [3.8, 4) is 0 Å². The Morgan fingerprint density at radius 2 is 2.13 bits per heavy atom. The fourth-order valence-electron chi connectivity index (χ4n) is 3.38. The number of aromatic nitrogens is 2. The standard InChI is InChI=1S/C17H22N4O2/c1-10(16-18-12-5-3-4-6-15(12)21(16)2)23-17(22)14-9-13(19-20-14)11-7-8-11/h3-6,10-11,13-14,19-20H,7-9H2,1-2H3. The van der Waals surface area contributed by atoms with Crippen molar-refractivity contribution >= 4 is 17.0 Å². The minimum atomic E-state index is -0.373. The second kappa shape index (κ2) is 5.62. The number of aryl methyl sites for hydroxylation is 1. The van der Waals surface area contributed by atoms with Crippen LogP contribution >= 0.6 is 0 Å². The molecule has 6 heteroatoms. The summed E-state index contributed by atoms with van der Waals surface area (Å²) in [6, 6.07) is 8.06. The van der Waals surface area contributed by atoms with E-state index in [1.165, 1.54) is 12.8 Å². The lowest BCUT2D eigenvalue weighted by atomic mass is 10.1. The van der Waals surface area contributed by atoms with Crippen LogP contribution in [-0.2, 0) is 16.6 Å². The van der Waals surface area contributed by atoms with E-state index in [2.05, 4.69) is 15.8 Å². The van der Waals surface area contributed by atoms with Gasteiger partial charge in [-0.15, -0.1) is 0 Å². The Hall–Kier alpha value is -1.92. The molecule has 0 bridgehead atoms. The molecule has 1 aliphatic carbocycles. The number of carbonyl (C=O) groups excluding carboxylic acids is 1.